The SMILES string of the molecule is [2H]c1c([2H])c(C2(C(=O)Cc3cc4cc(C(C)(C([2H])([2H])[2H])C([2H])([2H])C)n(C([2H])([2H])[C@@]([2H])(O)C([2H])([2H])O)c4cc3F)CC2)c([2H])c2c1OC(F)(F)O2. The maximum absolute atomic E-state index is 15.9. The molecule has 1 unspecified atom stereocenters. The van der Waals surface area contributed by atoms with Crippen molar-refractivity contribution in [3.8, 4) is 11.5 Å². The summed E-state index contributed by atoms with van der Waals surface area (Å²) in [5, 5.41) is 20.3. The van der Waals surface area contributed by atoms with Gasteiger partial charge in [-0.1, -0.05) is 26.7 Å². The minimum absolute atomic E-state index is 0.0164. The Morgan fingerprint density at radius 1 is 1.32 bits per heavy atom. The van der Waals surface area contributed by atoms with Crippen LogP contribution in [0.3, 0.4) is 0 Å². The van der Waals surface area contributed by atoms with Gasteiger partial charge in [-0.15, -0.1) is 8.78 Å². The van der Waals surface area contributed by atoms with Gasteiger partial charge in [-0.2, -0.15) is 0 Å². The highest BCUT2D eigenvalue weighted by Crippen LogP contribution is 2.52. The largest absolute Gasteiger partial charge is 0.586 e. The zero-order valence-electron chi connectivity index (χ0n) is 32.6. The second kappa shape index (κ2) is 8.77. The summed E-state index contributed by atoms with van der Waals surface area (Å²) in [6.45, 7) is -9.38. The Labute approximate surface area is 230 Å². The van der Waals surface area contributed by atoms with E-state index in [1.54, 1.807) is 0 Å². The van der Waals surface area contributed by atoms with Gasteiger partial charge in [0.05, 0.1) is 41.0 Å². The van der Waals surface area contributed by atoms with Crippen LogP contribution in [-0.2, 0) is 28.5 Å². The van der Waals surface area contributed by atoms with Crippen LogP contribution >= 0.6 is 0 Å². The van der Waals surface area contributed by atoms with Gasteiger partial charge in [0.1, 0.15) is 11.6 Å². The highest BCUT2D eigenvalue weighted by Gasteiger charge is 2.52. The second-order valence-corrected chi connectivity index (χ2v) is 9.07. The van der Waals surface area contributed by atoms with Gasteiger partial charge < -0.3 is 24.3 Å². The molecular weight excluding hydrogens is 487 g/mol. The van der Waals surface area contributed by atoms with Crippen LogP contribution in [0.25, 0.3) is 10.9 Å². The number of ketones is 1. The van der Waals surface area contributed by atoms with E-state index in [1.807, 2.05) is 0 Å². The molecule has 9 heteroatoms. The quantitative estimate of drug-likeness (QED) is 0.408. The molecular formula is C28H30F3NO5. The number of nitrogens with zero attached hydrogens (tertiary/aromatic N) is 1. The number of halogens is 3. The van der Waals surface area contributed by atoms with Crippen LogP contribution in [-0.4, -0.2) is 39.5 Å². The minimum atomic E-state index is -4.23. The number of fused-ring (bicyclic) bond motifs is 2. The van der Waals surface area contributed by atoms with Gasteiger partial charge in [0.2, 0.25) is 0 Å². The number of aliphatic hydroxyl groups is 2. The van der Waals surface area contributed by atoms with Gasteiger partial charge in [-0.25, -0.2) is 4.39 Å². The van der Waals surface area contributed by atoms with E-state index in [2.05, 4.69) is 9.47 Å². The van der Waals surface area contributed by atoms with Crippen molar-refractivity contribution in [1.29, 1.82) is 0 Å². The zero-order chi connectivity index (χ0) is 38.2. The summed E-state index contributed by atoms with van der Waals surface area (Å²) < 4.78 is 159. The smallest absolute Gasteiger partial charge is 0.395 e. The Balaban J connectivity index is 1.69. The molecule has 2 atom stereocenters. The summed E-state index contributed by atoms with van der Waals surface area (Å²) in [6.07, 6.45) is -11.9. The van der Waals surface area contributed by atoms with Crippen molar-refractivity contribution in [3.63, 3.8) is 0 Å². The Morgan fingerprint density at radius 3 is 2.70 bits per heavy atom. The molecule has 0 saturated heterocycles. The number of hydrogen-bond donors (Lipinski definition) is 2. The molecule has 1 saturated carbocycles. The lowest BCUT2D eigenvalue weighted by atomic mass is 9.86. The molecule has 1 aliphatic heterocycles. The third-order valence-electron chi connectivity index (χ3n) is 6.61. The first-order chi connectivity index (χ1) is 22.4. The number of aromatic nitrogens is 1. The van der Waals surface area contributed by atoms with E-state index in [-0.39, 0.29) is 22.8 Å². The third kappa shape index (κ3) is 4.48. The fourth-order valence-corrected chi connectivity index (χ4v) is 4.31. The molecule has 37 heavy (non-hydrogen) atoms. The number of hydrogen-bond acceptors (Lipinski definition) is 5. The van der Waals surface area contributed by atoms with Crippen molar-refractivity contribution >= 4 is 16.7 Å². The van der Waals surface area contributed by atoms with Crippen molar-refractivity contribution in [2.24, 2.45) is 0 Å². The monoisotopic (exact) mass is 530 g/mol. The zero-order valence-corrected chi connectivity index (χ0v) is 19.6. The molecule has 0 amide bonds. The normalized spacial score (nSPS) is 27.1. The lowest BCUT2D eigenvalue weighted by Gasteiger charge is -2.26. The van der Waals surface area contributed by atoms with E-state index in [0.717, 1.165) is 26.0 Å². The summed E-state index contributed by atoms with van der Waals surface area (Å²) >= 11 is 0. The molecule has 198 valence electrons. The first-order valence-corrected chi connectivity index (χ1v) is 11.1. The highest BCUT2D eigenvalue weighted by atomic mass is 19.3. The van der Waals surface area contributed by atoms with Crippen LogP contribution in [0.4, 0.5) is 13.2 Å². The molecule has 0 radical (unpaired) electrons. The number of rotatable bonds is 9. The lowest BCUT2D eigenvalue weighted by molar-refractivity contribution is -0.286. The number of alkyl halides is 2. The van der Waals surface area contributed by atoms with Crippen molar-refractivity contribution in [1.82, 2.24) is 4.57 Å². The Hall–Kier alpha value is -3.04. The van der Waals surface area contributed by atoms with E-state index < -0.39 is 119 Å². The Bertz CT molecular complexity index is 1920. The van der Waals surface area contributed by atoms with Gasteiger partial charge in [0.25, 0.3) is 0 Å². The number of carbonyl (C=O) groups excluding carboxylic acids is 1. The van der Waals surface area contributed by atoms with Crippen LogP contribution in [0.15, 0.2) is 36.3 Å². The average Bonchev–Trinajstić information content (AvgIpc) is 3.55. The Morgan fingerprint density at radius 2 is 2.05 bits per heavy atom. The van der Waals surface area contributed by atoms with Crippen LogP contribution in [0, 0.1) is 5.82 Å². The van der Waals surface area contributed by atoms with Crippen molar-refractivity contribution in [2.75, 3.05) is 6.56 Å². The van der Waals surface area contributed by atoms with Crippen LogP contribution in [0.1, 0.15) is 74.6 Å². The predicted molar refractivity (Wildman–Crippen MR) is 131 cm³/mol. The maximum atomic E-state index is 15.9. The second-order valence-electron chi connectivity index (χ2n) is 9.07. The molecule has 1 aliphatic carbocycles. The molecule has 2 N–H and O–H groups in total. The summed E-state index contributed by atoms with van der Waals surface area (Å²) in [6, 6.07) is 0.0451. The molecule has 1 fully saturated rings. The number of ether oxygens (including phenoxy) is 2. The van der Waals surface area contributed by atoms with Crippen LogP contribution in [0.2, 0.25) is 0 Å². The highest BCUT2D eigenvalue weighted by molar-refractivity contribution is 5.95. The summed E-state index contributed by atoms with van der Waals surface area (Å²) in [5.41, 5.74) is -6.63. The van der Waals surface area contributed by atoms with E-state index in [0.29, 0.717) is 6.07 Å². The molecule has 0 bridgehead atoms. The third-order valence-corrected chi connectivity index (χ3v) is 6.61. The van der Waals surface area contributed by atoms with Gasteiger partial charge in [0, 0.05) is 29.8 Å². The molecule has 3 aromatic rings. The molecule has 1 aromatic heterocycles. The molecule has 0 spiro atoms. The molecule has 2 aliphatic rings. The van der Waals surface area contributed by atoms with Gasteiger partial charge in [0.15, 0.2) is 11.5 Å². The first-order valence-electron chi connectivity index (χ1n) is 17.6. The number of Topliss-reactive ketones (excluding diaryl/α,β-unsaturated/α-hetero) is 1. The lowest BCUT2D eigenvalue weighted by Crippen LogP contribution is -2.26. The fraction of sp³-hybridized carbons (Fsp3) is 0.464. The van der Waals surface area contributed by atoms with Gasteiger partial charge >= 0.3 is 6.29 Å². The summed E-state index contributed by atoms with van der Waals surface area (Å²) in [7, 11) is 0. The first kappa shape index (κ1) is 14.2. The predicted octanol–water partition coefficient (Wildman–Crippen LogP) is 4.99. The summed E-state index contributed by atoms with van der Waals surface area (Å²) in [4.78, 5) is 13.8. The van der Waals surface area contributed by atoms with Gasteiger partial charge in [-0.05, 0) is 60.6 Å². The molecule has 2 heterocycles. The Kier molecular flexibility index (Phi) is 3.37. The maximum Gasteiger partial charge on any atom is 0.586 e. The van der Waals surface area contributed by atoms with Gasteiger partial charge in [-0.3, -0.25) is 4.79 Å². The number of carbonyl (C=O) groups is 1. The average molecular weight is 531 g/mol. The van der Waals surface area contributed by atoms with E-state index in [4.69, 9.17) is 17.8 Å². The minimum Gasteiger partial charge on any atom is -0.395 e. The standard InChI is InChI=1S/C28H30F3NO5/c1-4-26(2,3)24-10-17-9-16(20(29)13-21(17)32(24)14-19(34)15-33)11-25(35)27(7-8-27)18-5-6-22-23(12-18)37-28(30,31)36-22/h5-6,9-10,12-13,19,33-34H,4,7-8,11,14-15H2,1-3H3/t19-/m1/s1/i2D3,4D2,5D,6D,12D,14D2,15D2,19D/t19-,26?. The fourth-order valence-electron chi connectivity index (χ4n) is 4.31. The number of benzene rings is 2. The summed E-state index contributed by atoms with van der Waals surface area (Å²) in [5.74, 6) is -3.77. The van der Waals surface area contributed by atoms with Crippen LogP contribution in [0.5, 0.6) is 11.5 Å². The van der Waals surface area contributed by atoms with Crippen LogP contribution < -0.4 is 9.47 Å². The van der Waals surface area contributed by atoms with E-state index in [1.165, 1.54) is 0 Å². The molecule has 5 rings (SSSR count). The van der Waals surface area contributed by atoms with Crippen molar-refractivity contribution in [3.05, 3.63) is 59.0 Å². The molecule has 2 aromatic carbocycles. The topological polar surface area (TPSA) is 80.9 Å². The van der Waals surface area contributed by atoms with Crippen molar-refractivity contribution in [2.45, 2.75) is 76.0 Å². The van der Waals surface area contributed by atoms with Crippen molar-refractivity contribution < 1.29 is 55.5 Å². The van der Waals surface area contributed by atoms with E-state index in [9.17, 15) is 23.8 Å². The molecule has 6 nitrogen and oxygen atoms in total. The van der Waals surface area contributed by atoms with E-state index >= 15 is 4.39 Å².